The Morgan fingerprint density at radius 3 is 1.94 bits per heavy atom. The zero-order valence-electron chi connectivity index (χ0n) is 11.9. The van der Waals surface area contributed by atoms with E-state index in [0.29, 0.717) is 0 Å². The quantitative estimate of drug-likeness (QED) is 0.528. The number of hydrogen-bond donors (Lipinski definition) is 0. The smallest absolute Gasteiger partial charge is 0.122 e. The lowest BCUT2D eigenvalue weighted by Gasteiger charge is -2.23. The monoisotopic (exact) mass is 241 g/mol. The van der Waals surface area contributed by atoms with Crippen LogP contribution in [0, 0.1) is 0 Å². The van der Waals surface area contributed by atoms with Crippen LogP contribution in [-0.4, -0.2) is 27.3 Å². The van der Waals surface area contributed by atoms with Gasteiger partial charge in [-0.05, 0) is 38.8 Å². The van der Waals surface area contributed by atoms with Gasteiger partial charge >= 0.3 is 0 Å². The Kier molecular flexibility index (Phi) is 11.3. The van der Waals surface area contributed by atoms with Crippen LogP contribution in [0.25, 0.3) is 0 Å². The van der Waals surface area contributed by atoms with Gasteiger partial charge in [0.1, 0.15) is 9.68 Å². The van der Waals surface area contributed by atoms with Crippen molar-refractivity contribution >= 4 is 9.68 Å². The molecule has 0 bridgehead atoms. The van der Waals surface area contributed by atoms with Crippen LogP contribution in [0.15, 0.2) is 11.3 Å². The van der Waals surface area contributed by atoms with Gasteiger partial charge in [0.25, 0.3) is 0 Å². The van der Waals surface area contributed by atoms with Gasteiger partial charge in [-0.1, -0.05) is 51.8 Å². The van der Waals surface area contributed by atoms with Crippen LogP contribution < -0.4 is 0 Å². The summed E-state index contributed by atoms with van der Waals surface area (Å²) in [7, 11) is -0.118. The lowest BCUT2D eigenvalue weighted by atomic mass is 10.3. The second-order valence-electron chi connectivity index (χ2n) is 4.61. The van der Waals surface area contributed by atoms with Crippen molar-refractivity contribution in [3.05, 3.63) is 11.3 Å². The highest BCUT2D eigenvalue weighted by atomic mass is 28.2. The Hall–Kier alpha value is -0.0831. The SMILES string of the molecule is CCC=C(CC)[SiH2]N(CCCC)CCCC. The van der Waals surface area contributed by atoms with E-state index in [1.807, 2.05) is 0 Å². The Bertz CT molecular complexity index is 170. The van der Waals surface area contributed by atoms with Crippen molar-refractivity contribution in [1.29, 1.82) is 0 Å². The molecule has 0 radical (unpaired) electrons. The van der Waals surface area contributed by atoms with Crippen molar-refractivity contribution in [1.82, 2.24) is 4.57 Å². The summed E-state index contributed by atoms with van der Waals surface area (Å²) in [6.07, 6.45) is 10.4. The van der Waals surface area contributed by atoms with Gasteiger partial charge in [-0.3, -0.25) is 0 Å². The summed E-state index contributed by atoms with van der Waals surface area (Å²) in [5.41, 5.74) is 0. The molecule has 0 aliphatic carbocycles. The predicted octanol–water partition coefficient (Wildman–Crippen LogP) is 3.68. The van der Waals surface area contributed by atoms with Crippen LogP contribution >= 0.6 is 0 Å². The number of hydrogen-bond acceptors (Lipinski definition) is 1. The molecule has 16 heavy (non-hydrogen) atoms. The van der Waals surface area contributed by atoms with Crippen LogP contribution in [0.5, 0.6) is 0 Å². The molecule has 0 unspecified atom stereocenters. The summed E-state index contributed by atoms with van der Waals surface area (Å²) < 4.78 is 2.78. The molecule has 0 aliphatic rings. The van der Waals surface area contributed by atoms with E-state index < -0.39 is 0 Å². The average Bonchev–Trinajstić information content (AvgIpc) is 2.31. The van der Waals surface area contributed by atoms with Gasteiger partial charge < -0.3 is 4.57 Å². The topological polar surface area (TPSA) is 3.24 Å². The van der Waals surface area contributed by atoms with Crippen molar-refractivity contribution in [3.63, 3.8) is 0 Å². The second kappa shape index (κ2) is 11.4. The number of unbranched alkanes of at least 4 members (excludes halogenated alkanes) is 2. The molecule has 0 aliphatic heterocycles. The molecule has 0 saturated heterocycles. The predicted molar refractivity (Wildman–Crippen MR) is 78.6 cm³/mol. The zero-order valence-corrected chi connectivity index (χ0v) is 13.3. The van der Waals surface area contributed by atoms with E-state index in [1.165, 1.54) is 51.6 Å². The first kappa shape index (κ1) is 15.9. The lowest BCUT2D eigenvalue weighted by Crippen LogP contribution is -2.31. The molecule has 2 heteroatoms. The Morgan fingerprint density at radius 1 is 1.00 bits per heavy atom. The van der Waals surface area contributed by atoms with Gasteiger partial charge in [-0.2, -0.15) is 0 Å². The third-order valence-electron chi connectivity index (χ3n) is 3.03. The van der Waals surface area contributed by atoms with E-state index in [0.717, 1.165) is 0 Å². The number of rotatable bonds is 10. The highest BCUT2D eigenvalue weighted by Crippen LogP contribution is 2.06. The molecule has 0 saturated carbocycles. The maximum atomic E-state index is 2.78. The van der Waals surface area contributed by atoms with Crippen molar-refractivity contribution in [2.45, 2.75) is 66.2 Å². The molecule has 0 fully saturated rings. The molecule has 0 N–H and O–H groups in total. The van der Waals surface area contributed by atoms with Crippen molar-refractivity contribution in [2.75, 3.05) is 13.1 Å². The Labute approximate surface area is 105 Å². The summed E-state index contributed by atoms with van der Waals surface area (Å²) in [4.78, 5) is 0. The highest BCUT2D eigenvalue weighted by molar-refractivity contribution is 6.42. The Morgan fingerprint density at radius 2 is 1.56 bits per heavy atom. The molecule has 1 nitrogen and oxygen atoms in total. The van der Waals surface area contributed by atoms with E-state index in [9.17, 15) is 0 Å². The first-order valence-electron chi connectivity index (χ1n) is 7.18. The minimum atomic E-state index is -0.118. The van der Waals surface area contributed by atoms with Crippen LogP contribution in [0.3, 0.4) is 0 Å². The van der Waals surface area contributed by atoms with Gasteiger partial charge in [0, 0.05) is 0 Å². The van der Waals surface area contributed by atoms with E-state index in [-0.39, 0.29) is 9.68 Å². The summed E-state index contributed by atoms with van der Waals surface area (Å²) in [6.45, 7) is 11.8. The highest BCUT2D eigenvalue weighted by Gasteiger charge is 2.06. The van der Waals surface area contributed by atoms with E-state index in [4.69, 9.17) is 0 Å². The maximum Gasteiger partial charge on any atom is 0.122 e. The lowest BCUT2D eigenvalue weighted by molar-refractivity contribution is 0.421. The van der Waals surface area contributed by atoms with Crippen LogP contribution in [0.4, 0.5) is 0 Å². The van der Waals surface area contributed by atoms with Crippen LogP contribution in [0.2, 0.25) is 0 Å². The normalized spacial score (nSPS) is 13.2. The average molecular weight is 241 g/mol. The fourth-order valence-corrected chi connectivity index (χ4v) is 3.91. The molecule has 0 amide bonds. The minimum absolute atomic E-state index is 0.118. The molecular weight excluding hydrogens is 210 g/mol. The first-order valence-corrected chi connectivity index (χ1v) is 8.52. The second-order valence-corrected chi connectivity index (χ2v) is 6.73. The van der Waals surface area contributed by atoms with E-state index >= 15 is 0 Å². The standard InChI is InChI=1S/C14H31NSi/c1-5-9-12-15(13-10-6-2)16-14(8-4)11-7-3/h11H,5-10,12-13,16H2,1-4H3. The van der Waals surface area contributed by atoms with E-state index in [2.05, 4.69) is 38.3 Å². The van der Waals surface area contributed by atoms with Crippen molar-refractivity contribution in [3.8, 4) is 0 Å². The molecule has 0 atom stereocenters. The summed E-state index contributed by atoms with van der Waals surface area (Å²) in [5.74, 6) is 0. The molecule has 0 heterocycles. The fourth-order valence-electron chi connectivity index (χ4n) is 1.93. The number of nitrogens with zero attached hydrogens (tertiary/aromatic N) is 1. The largest absolute Gasteiger partial charge is 0.325 e. The molecule has 0 aromatic heterocycles. The third-order valence-corrected chi connectivity index (χ3v) is 5.30. The first-order chi connectivity index (χ1) is 7.78. The Balaban J connectivity index is 4.10. The molecule has 96 valence electrons. The van der Waals surface area contributed by atoms with Gasteiger partial charge in [-0.25, -0.2) is 0 Å². The molecule has 0 rings (SSSR count). The zero-order chi connectivity index (χ0) is 12.2. The summed E-state index contributed by atoms with van der Waals surface area (Å²) in [5, 5.41) is 1.76. The molecule has 0 aromatic rings. The van der Waals surface area contributed by atoms with Crippen LogP contribution in [-0.2, 0) is 0 Å². The molecular formula is C14H31NSi. The van der Waals surface area contributed by atoms with Gasteiger partial charge in [0.05, 0.1) is 0 Å². The molecule has 0 spiro atoms. The van der Waals surface area contributed by atoms with Gasteiger partial charge in [-0.15, -0.1) is 0 Å². The number of allylic oxidation sites excluding steroid dienone is 2. The summed E-state index contributed by atoms with van der Waals surface area (Å²) >= 11 is 0. The maximum absolute atomic E-state index is 2.78. The van der Waals surface area contributed by atoms with Gasteiger partial charge in [0.2, 0.25) is 0 Å². The van der Waals surface area contributed by atoms with Gasteiger partial charge in [0.15, 0.2) is 0 Å². The summed E-state index contributed by atoms with van der Waals surface area (Å²) in [6, 6.07) is 0. The third kappa shape index (κ3) is 8.11. The van der Waals surface area contributed by atoms with Crippen LogP contribution in [0.1, 0.15) is 66.2 Å². The molecule has 0 aromatic carbocycles. The van der Waals surface area contributed by atoms with E-state index in [1.54, 1.807) is 5.20 Å². The van der Waals surface area contributed by atoms with Crippen molar-refractivity contribution in [2.24, 2.45) is 0 Å². The fraction of sp³-hybridized carbons (Fsp3) is 0.857. The minimum Gasteiger partial charge on any atom is -0.325 e. The van der Waals surface area contributed by atoms with Crippen molar-refractivity contribution < 1.29 is 0 Å².